The standard InChI is InChI=1S/C14H17N3O2S/c1-2-11-8-15-14(20-11)17-13(19)16-12(9-18)10-6-4-3-5-7-10/h3-8,12,18H,2,9H2,1H3,(H2,15,16,17,19). The number of benzene rings is 1. The molecule has 1 aromatic carbocycles. The number of aliphatic hydroxyl groups excluding tert-OH is 1. The fraction of sp³-hybridized carbons (Fsp3) is 0.286. The van der Waals surface area contributed by atoms with Crippen LogP contribution in [0.2, 0.25) is 0 Å². The van der Waals surface area contributed by atoms with E-state index in [1.807, 2.05) is 37.3 Å². The van der Waals surface area contributed by atoms with E-state index in [0.717, 1.165) is 16.9 Å². The summed E-state index contributed by atoms with van der Waals surface area (Å²) in [6.45, 7) is 1.88. The molecular formula is C14H17N3O2S. The van der Waals surface area contributed by atoms with Crippen LogP contribution in [0.15, 0.2) is 36.5 Å². The molecule has 0 fully saturated rings. The first-order valence-corrected chi connectivity index (χ1v) is 7.22. The summed E-state index contributed by atoms with van der Waals surface area (Å²) in [5, 5.41) is 15.3. The third kappa shape index (κ3) is 3.79. The number of carbonyl (C=O) groups is 1. The van der Waals surface area contributed by atoms with Crippen molar-refractivity contribution < 1.29 is 9.90 Å². The van der Waals surface area contributed by atoms with Crippen molar-refractivity contribution in [2.24, 2.45) is 0 Å². The van der Waals surface area contributed by atoms with Gasteiger partial charge in [0.25, 0.3) is 0 Å². The number of hydrogen-bond donors (Lipinski definition) is 3. The van der Waals surface area contributed by atoms with Gasteiger partial charge in [-0.25, -0.2) is 9.78 Å². The first kappa shape index (κ1) is 14.5. The van der Waals surface area contributed by atoms with Crippen LogP contribution in [0, 0.1) is 0 Å². The van der Waals surface area contributed by atoms with E-state index in [0.29, 0.717) is 5.13 Å². The molecule has 2 amide bonds. The summed E-state index contributed by atoms with van der Waals surface area (Å²) in [6.07, 6.45) is 2.64. The molecule has 0 bridgehead atoms. The lowest BCUT2D eigenvalue weighted by atomic mass is 10.1. The number of aliphatic hydroxyl groups is 1. The number of carbonyl (C=O) groups excluding carboxylic acids is 1. The van der Waals surface area contributed by atoms with Gasteiger partial charge in [-0.05, 0) is 12.0 Å². The lowest BCUT2D eigenvalue weighted by molar-refractivity contribution is 0.225. The van der Waals surface area contributed by atoms with Gasteiger partial charge in [0.1, 0.15) is 0 Å². The van der Waals surface area contributed by atoms with E-state index in [1.54, 1.807) is 6.20 Å². The Kier molecular flexibility index (Phi) is 5.09. The van der Waals surface area contributed by atoms with E-state index < -0.39 is 6.04 Å². The fourth-order valence-corrected chi connectivity index (χ4v) is 2.49. The van der Waals surface area contributed by atoms with Crippen molar-refractivity contribution in [2.45, 2.75) is 19.4 Å². The number of anilines is 1. The average Bonchev–Trinajstić information content (AvgIpc) is 2.93. The number of nitrogens with one attached hydrogen (secondary N) is 2. The summed E-state index contributed by atoms with van der Waals surface area (Å²) in [7, 11) is 0. The van der Waals surface area contributed by atoms with Gasteiger partial charge in [-0.2, -0.15) is 0 Å². The van der Waals surface area contributed by atoms with Crippen molar-refractivity contribution >= 4 is 22.5 Å². The van der Waals surface area contributed by atoms with E-state index in [1.165, 1.54) is 11.3 Å². The number of nitrogens with zero attached hydrogens (tertiary/aromatic N) is 1. The quantitative estimate of drug-likeness (QED) is 0.792. The molecule has 0 radical (unpaired) electrons. The minimum absolute atomic E-state index is 0.157. The van der Waals surface area contributed by atoms with Crippen LogP contribution in [-0.2, 0) is 6.42 Å². The Labute approximate surface area is 121 Å². The van der Waals surface area contributed by atoms with Gasteiger partial charge in [0.05, 0.1) is 12.6 Å². The first-order chi connectivity index (χ1) is 9.72. The molecule has 3 N–H and O–H groups in total. The molecule has 106 valence electrons. The molecule has 0 spiro atoms. The van der Waals surface area contributed by atoms with Gasteiger partial charge in [0.15, 0.2) is 5.13 Å². The molecule has 2 aromatic rings. The van der Waals surface area contributed by atoms with Crippen LogP contribution >= 0.6 is 11.3 Å². The monoisotopic (exact) mass is 291 g/mol. The van der Waals surface area contributed by atoms with Crippen molar-refractivity contribution in [1.29, 1.82) is 0 Å². The maximum atomic E-state index is 11.9. The average molecular weight is 291 g/mol. The van der Waals surface area contributed by atoms with E-state index >= 15 is 0 Å². The molecule has 0 aliphatic heterocycles. The molecule has 0 saturated heterocycles. The third-order valence-corrected chi connectivity index (χ3v) is 3.87. The van der Waals surface area contributed by atoms with Crippen molar-refractivity contribution in [2.75, 3.05) is 11.9 Å². The van der Waals surface area contributed by atoms with Gasteiger partial charge in [0.2, 0.25) is 0 Å². The number of thiazole rings is 1. The smallest absolute Gasteiger partial charge is 0.321 e. The van der Waals surface area contributed by atoms with Crippen LogP contribution < -0.4 is 10.6 Å². The minimum atomic E-state index is -0.429. The van der Waals surface area contributed by atoms with Crippen LogP contribution in [0.4, 0.5) is 9.93 Å². The molecule has 0 saturated carbocycles. The number of hydrogen-bond acceptors (Lipinski definition) is 4. The largest absolute Gasteiger partial charge is 0.394 e. The minimum Gasteiger partial charge on any atom is -0.394 e. The summed E-state index contributed by atoms with van der Waals surface area (Å²) < 4.78 is 0. The Bertz CT molecular complexity index is 557. The molecule has 20 heavy (non-hydrogen) atoms. The second-order valence-electron chi connectivity index (χ2n) is 4.23. The topological polar surface area (TPSA) is 74.2 Å². The molecule has 1 aromatic heterocycles. The maximum Gasteiger partial charge on any atom is 0.321 e. The zero-order valence-corrected chi connectivity index (χ0v) is 12.0. The molecule has 1 atom stereocenters. The number of amides is 2. The predicted molar refractivity (Wildman–Crippen MR) is 79.9 cm³/mol. The Balaban J connectivity index is 1.96. The van der Waals surface area contributed by atoms with Crippen molar-refractivity contribution in [3.63, 3.8) is 0 Å². The molecule has 6 heteroatoms. The van der Waals surface area contributed by atoms with Crippen LogP contribution in [0.3, 0.4) is 0 Å². The van der Waals surface area contributed by atoms with Crippen molar-refractivity contribution in [3.05, 3.63) is 47.0 Å². The number of aromatic nitrogens is 1. The van der Waals surface area contributed by atoms with Gasteiger partial charge in [-0.3, -0.25) is 5.32 Å². The number of aryl methyl sites for hydroxylation is 1. The van der Waals surface area contributed by atoms with E-state index in [4.69, 9.17) is 0 Å². The van der Waals surface area contributed by atoms with E-state index in [9.17, 15) is 9.90 Å². The Morgan fingerprint density at radius 1 is 1.40 bits per heavy atom. The summed E-state index contributed by atoms with van der Waals surface area (Å²) >= 11 is 1.45. The summed E-state index contributed by atoms with van der Waals surface area (Å²) in [6, 6.07) is 8.55. The van der Waals surface area contributed by atoms with Crippen LogP contribution in [0.25, 0.3) is 0 Å². The normalized spacial score (nSPS) is 11.9. The summed E-state index contributed by atoms with van der Waals surface area (Å²) in [4.78, 5) is 17.1. The van der Waals surface area contributed by atoms with Gasteiger partial charge >= 0.3 is 6.03 Å². The zero-order chi connectivity index (χ0) is 14.4. The molecule has 1 heterocycles. The van der Waals surface area contributed by atoms with Gasteiger partial charge < -0.3 is 10.4 Å². The Hall–Kier alpha value is -1.92. The Morgan fingerprint density at radius 3 is 2.75 bits per heavy atom. The van der Waals surface area contributed by atoms with Crippen molar-refractivity contribution in [3.8, 4) is 0 Å². The highest BCUT2D eigenvalue weighted by Crippen LogP contribution is 2.18. The highest BCUT2D eigenvalue weighted by Gasteiger charge is 2.14. The van der Waals surface area contributed by atoms with Crippen molar-refractivity contribution in [1.82, 2.24) is 10.3 Å². The highest BCUT2D eigenvalue weighted by molar-refractivity contribution is 7.15. The van der Waals surface area contributed by atoms with Gasteiger partial charge in [-0.15, -0.1) is 11.3 Å². The molecule has 0 aliphatic rings. The summed E-state index contributed by atoms with van der Waals surface area (Å²) in [5.41, 5.74) is 0.860. The predicted octanol–water partition coefficient (Wildman–Crippen LogP) is 2.56. The first-order valence-electron chi connectivity index (χ1n) is 6.41. The molecular weight excluding hydrogens is 274 g/mol. The zero-order valence-electron chi connectivity index (χ0n) is 11.2. The molecule has 1 unspecified atom stereocenters. The van der Waals surface area contributed by atoms with Crippen LogP contribution in [0.1, 0.15) is 23.4 Å². The van der Waals surface area contributed by atoms with Gasteiger partial charge in [-0.1, -0.05) is 37.3 Å². The third-order valence-electron chi connectivity index (χ3n) is 2.81. The fourth-order valence-electron chi connectivity index (χ4n) is 1.74. The number of rotatable bonds is 5. The number of urea groups is 1. The highest BCUT2D eigenvalue weighted by atomic mass is 32.1. The molecule has 5 nitrogen and oxygen atoms in total. The second kappa shape index (κ2) is 7.02. The van der Waals surface area contributed by atoms with E-state index in [-0.39, 0.29) is 12.6 Å². The lowest BCUT2D eigenvalue weighted by Gasteiger charge is -2.16. The van der Waals surface area contributed by atoms with Crippen LogP contribution in [0.5, 0.6) is 0 Å². The lowest BCUT2D eigenvalue weighted by Crippen LogP contribution is -2.34. The van der Waals surface area contributed by atoms with Gasteiger partial charge in [0, 0.05) is 11.1 Å². The van der Waals surface area contributed by atoms with Crippen LogP contribution in [-0.4, -0.2) is 22.7 Å². The Morgan fingerprint density at radius 2 is 2.15 bits per heavy atom. The maximum absolute atomic E-state index is 11.9. The summed E-state index contributed by atoms with van der Waals surface area (Å²) in [5.74, 6) is 0. The molecule has 0 aliphatic carbocycles. The SMILES string of the molecule is CCc1cnc(NC(=O)NC(CO)c2ccccc2)s1. The van der Waals surface area contributed by atoms with E-state index in [2.05, 4.69) is 15.6 Å². The second-order valence-corrected chi connectivity index (χ2v) is 5.34. The molecule has 2 rings (SSSR count).